The Morgan fingerprint density at radius 3 is 2.29 bits per heavy atom. The summed E-state index contributed by atoms with van der Waals surface area (Å²) in [7, 11) is -3.95. The number of carboxylic acid groups (broad SMARTS) is 1. The quantitative estimate of drug-likeness (QED) is 0.742. The van der Waals surface area contributed by atoms with E-state index in [0.29, 0.717) is 18.7 Å². The average molecular weight is 400 g/mol. The number of nitrogens with zero attached hydrogens (tertiary/aromatic N) is 1. The van der Waals surface area contributed by atoms with Crippen LogP contribution < -0.4 is 0 Å². The molecule has 1 heterocycles. The van der Waals surface area contributed by atoms with E-state index in [-0.39, 0.29) is 10.5 Å². The number of benzene rings is 2. The Balaban J connectivity index is 2.27. The fraction of sp³-hybridized carbons (Fsp3) is 0.318. The molecule has 0 saturated carbocycles. The third kappa shape index (κ3) is 3.50. The third-order valence-electron chi connectivity index (χ3n) is 5.49. The number of hydrogen-bond acceptors (Lipinski definition) is 4. The van der Waals surface area contributed by atoms with E-state index < -0.39 is 21.2 Å². The van der Waals surface area contributed by atoms with Gasteiger partial charge in [0.25, 0.3) is 0 Å². The molecule has 1 atom stereocenters. The van der Waals surface area contributed by atoms with Gasteiger partial charge in [-0.1, -0.05) is 36.4 Å². The third-order valence-corrected chi connectivity index (χ3v) is 7.55. The van der Waals surface area contributed by atoms with Gasteiger partial charge in [0, 0.05) is 0 Å². The minimum absolute atomic E-state index is 0.140. The summed E-state index contributed by atoms with van der Waals surface area (Å²) in [5.41, 5.74) is 2.66. The van der Waals surface area contributed by atoms with Gasteiger partial charge >= 0.3 is 5.97 Å². The molecule has 2 aromatic rings. The summed E-state index contributed by atoms with van der Waals surface area (Å²) in [6.07, 6.45) is 3.26. The fourth-order valence-corrected chi connectivity index (χ4v) is 5.82. The molecule has 0 aliphatic carbocycles. The highest BCUT2D eigenvalue weighted by Crippen LogP contribution is 2.35. The first kappa shape index (κ1) is 20.3. The number of aromatic carboxylic acids is 1. The lowest BCUT2D eigenvalue weighted by atomic mass is 9.93. The maximum Gasteiger partial charge on any atom is 0.337 e. The highest BCUT2D eigenvalue weighted by atomic mass is 32.2. The lowest BCUT2D eigenvalue weighted by Gasteiger charge is -2.26. The van der Waals surface area contributed by atoms with E-state index in [4.69, 9.17) is 0 Å². The van der Waals surface area contributed by atoms with Crippen molar-refractivity contribution in [2.24, 2.45) is 0 Å². The Hall–Kier alpha value is -2.44. The number of carboxylic acids is 1. The number of sulfone groups is 1. The normalized spacial score (nSPS) is 16.1. The van der Waals surface area contributed by atoms with Crippen LogP contribution in [0.25, 0.3) is 11.1 Å². The molecule has 0 radical (unpaired) electrons. The standard InChI is InChI=1S/C22H25NO4S/c1-4-20(23-12-8-9-13-23)28(26,27)19-14-18(17-10-6-5-7-11-17)15(2)16(3)21(19)22(24)25/h4-7,10-11,14,20H,1,8-9,12-13H2,2-3H3,(H,24,25). The van der Waals surface area contributed by atoms with Gasteiger partial charge in [-0.3, -0.25) is 4.90 Å². The Morgan fingerprint density at radius 2 is 1.75 bits per heavy atom. The van der Waals surface area contributed by atoms with Gasteiger partial charge in [-0.2, -0.15) is 0 Å². The molecule has 0 bridgehead atoms. The molecule has 148 valence electrons. The zero-order valence-corrected chi connectivity index (χ0v) is 17.0. The second kappa shape index (κ2) is 7.89. The van der Waals surface area contributed by atoms with Crippen LogP contribution in [0.4, 0.5) is 0 Å². The first-order valence-corrected chi connectivity index (χ1v) is 10.9. The molecule has 0 spiro atoms. The van der Waals surface area contributed by atoms with Crippen molar-refractivity contribution in [1.82, 2.24) is 4.90 Å². The lowest BCUT2D eigenvalue weighted by Crippen LogP contribution is -2.38. The van der Waals surface area contributed by atoms with Gasteiger partial charge in [0.15, 0.2) is 9.84 Å². The summed E-state index contributed by atoms with van der Waals surface area (Å²) in [6.45, 7) is 8.54. The van der Waals surface area contributed by atoms with Crippen molar-refractivity contribution >= 4 is 15.8 Å². The Kier molecular flexibility index (Phi) is 5.72. The van der Waals surface area contributed by atoms with Crippen LogP contribution in [-0.4, -0.2) is 42.9 Å². The van der Waals surface area contributed by atoms with Gasteiger partial charge in [0.2, 0.25) is 0 Å². The smallest absolute Gasteiger partial charge is 0.337 e. The van der Waals surface area contributed by atoms with Crippen LogP contribution in [0.15, 0.2) is 53.9 Å². The van der Waals surface area contributed by atoms with Crippen molar-refractivity contribution < 1.29 is 18.3 Å². The number of rotatable bonds is 6. The molecular formula is C22H25NO4S. The van der Waals surface area contributed by atoms with E-state index in [9.17, 15) is 18.3 Å². The molecular weight excluding hydrogens is 374 g/mol. The first-order valence-electron chi connectivity index (χ1n) is 9.32. The highest BCUT2D eigenvalue weighted by Gasteiger charge is 2.36. The van der Waals surface area contributed by atoms with Gasteiger partial charge in [0.1, 0.15) is 5.37 Å². The molecule has 1 aliphatic heterocycles. The van der Waals surface area contributed by atoms with Crippen LogP contribution in [0.2, 0.25) is 0 Å². The molecule has 1 fully saturated rings. The van der Waals surface area contributed by atoms with E-state index in [1.54, 1.807) is 6.92 Å². The van der Waals surface area contributed by atoms with Crippen molar-refractivity contribution in [3.05, 3.63) is 65.7 Å². The fourth-order valence-electron chi connectivity index (χ4n) is 3.89. The van der Waals surface area contributed by atoms with E-state index in [2.05, 4.69) is 6.58 Å². The van der Waals surface area contributed by atoms with E-state index in [1.165, 1.54) is 12.1 Å². The summed E-state index contributed by atoms with van der Waals surface area (Å²) in [5, 5.41) is 8.88. The molecule has 1 aliphatic rings. The van der Waals surface area contributed by atoms with E-state index >= 15 is 0 Å². The van der Waals surface area contributed by atoms with Crippen LogP contribution in [0.3, 0.4) is 0 Å². The summed E-state index contributed by atoms with van der Waals surface area (Å²) in [6, 6.07) is 10.9. The maximum absolute atomic E-state index is 13.5. The molecule has 1 saturated heterocycles. The van der Waals surface area contributed by atoms with E-state index in [0.717, 1.165) is 29.5 Å². The zero-order chi connectivity index (χ0) is 20.5. The SMILES string of the molecule is C=CC(N1CCCC1)S(=O)(=O)c1cc(-c2ccccc2)c(C)c(C)c1C(=O)O. The van der Waals surface area contributed by atoms with Crippen molar-refractivity contribution in [2.45, 2.75) is 37.0 Å². The molecule has 0 aromatic heterocycles. The van der Waals surface area contributed by atoms with Crippen molar-refractivity contribution in [2.75, 3.05) is 13.1 Å². The minimum Gasteiger partial charge on any atom is -0.478 e. The molecule has 1 N–H and O–H groups in total. The number of carbonyl (C=O) groups is 1. The second-order valence-electron chi connectivity index (χ2n) is 7.13. The van der Waals surface area contributed by atoms with Gasteiger partial charge < -0.3 is 5.11 Å². The van der Waals surface area contributed by atoms with Gasteiger partial charge in [-0.15, -0.1) is 6.58 Å². The van der Waals surface area contributed by atoms with Gasteiger partial charge in [-0.05, 0) is 68.1 Å². The number of likely N-dealkylation sites (tertiary alicyclic amines) is 1. The molecule has 2 aromatic carbocycles. The predicted octanol–water partition coefficient (Wildman–Crippen LogP) is 4.05. The van der Waals surface area contributed by atoms with Crippen LogP contribution in [-0.2, 0) is 9.84 Å². The molecule has 0 amide bonds. The zero-order valence-electron chi connectivity index (χ0n) is 16.2. The lowest BCUT2D eigenvalue weighted by molar-refractivity contribution is 0.0691. The molecule has 6 heteroatoms. The molecule has 5 nitrogen and oxygen atoms in total. The molecule has 1 unspecified atom stereocenters. The first-order chi connectivity index (χ1) is 13.3. The van der Waals surface area contributed by atoms with E-state index in [1.807, 2.05) is 42.2 Å². The van der Waals surface area contributed by atoms with Crippen LogP contribution in [0.1, 0.15) is 34.3 Å². The van der Waals surface area contributed by atoms with Crippen LogP contribution in [0.5, 0.6) is 0 Å². The van der Waals surface area contributed by atoms with Crippen LogP contribution >= 0.6 is 0 Å². The second-order valence-corrected chi connectivity index (χ2v) is 9.15. The van der Waals surface area contributed by atoms with Crippen molar-refractivity contribution in [3.63, 3.8) is 0 Å². The largest absolute Gasteiger partial charge is 0.478 e. The minimum atomic E-state index is -3.95. The van der Waals surface area contributed by atoms with Gasteiger partial charge in [-0.25, -0.2) is 13.2 Å². The van der Waals surface area contributed by atoms with Gasteiger partial charge in [0.05, 0.1) is 10.5 Å². The monoisotopic (exact) mass is 399 g/mol. The Labute approximate surface area is 166 Å². The summed E-state index contributed by atoms with van der Waals surface area (Å²) in [5.74, 6) is -1.23. The summed E-state index contributed by atoms with van der Waals surface area (Å²) < 4.78 is 27.1. The number of hydrogen-bond donors (Lipinski definition) is 1. The topological polar surface area (TPSA) is 74.7 Å². The Morgan fingerprint density at radius 1 is 1.14 bits per heavy atom. The average Bonchev–Trinajstić information content (AvgIpc) is 3.18. The van der Waals surface area contributed by atoms with Crippen molar-refractivity contribution in [3.8, 4) is 11.1 Å². The Bertz CT molecular complexity index is 1010. The summed E-state index contributed by atoms with van der Waals surface area (Å²) >= 11 is 0. The predicted molar refractivity (Wildman–Crippen MR) is 110 cm³/mol. The molecule has 28 heavy (non-hydrogen) atoms. The van der Waals surface area contributed by atoms with Crippen LogP contribution in [0, 0.1) is 13.8 Å². The maximum atomic E-state index is 13.5. The highest BCUT2D eigenvalue weighted by molar-refractivity contribution is 7.92. The summed E-state index contributed by atoms with van der Waals surface area (Å²) in [4.78, 5) is 13.7. The van der Waals surface area contributed by atoms with Crippen molar-refractivity contribution in [1.29, 1.82) is 0 Å². The molecule has 3 rings (SSSR count).